The fourth-order valence-electron chi connectivity index (χ4n) is 2.87. The van der Waals surface area contributed by atoms with Crippen molar-refractivity contribution < 1.29 is 4.42 Å². The van der Waals surface area contributed by atoms with Crippen LogP contribution in [0.4, 0.5) is 5.69 Å². The van der Waals surface area contributed by atoms with Gasteiger partial charge in [-0.2, -0.15) is 0 Å². The lowest BCUT2D eigenvalue weighted by molar-refractivity contribution is 0.191. The molecule has 2 aromatic rings. The van der Waals surface area contributed by atoms with Gasteiger partial charge in [0.25, 0.3) is 0 Å². The summed E-state index contributed by atoms with van der Waals surface area (Å²) in [5.74, 6) is 0. The molecule has 0 unspecified atom stereocenters. The topological polar surface area (TPSA) is 48.7 Å². The SMILES string of the molecule is CCN1CCN(C(=S)Nc2ccc3c(C)cc(=O)oc3c2)CC1. The number of fused-ring (bicyclic) bond motifs is 1. The maximum Gasteiger partial charge on any atom is 0.336 e. The van der Waals surface area contributed by atoms with Gasteiger partial charge in [-0.05, 0) is 43.4 Å². The molecule has 1 aromatic heterocycles. The number of anilines is 1. The van der Waals surface area contributed by atoms with Crippen molar-refractivity contribution >= 4 is 34.0 Å². The van der Waals surface area contributed by atoms with Crippen molar-refractivity contribution in [1.82, 2.24) is 9.80 Å². The zero-order valence-corrected chi connectivity index (χ0v) is 14.3. The molecule has 0 spiro atoms. The number of thiocarbonyl (C=S) groups is 1. The van der Waals surface area contributed by atoms with Crippen molar-refractivity contribution in [3.8, 4) is 0 Å². The van der Waals surface area contributed by atoms with Crippen LogP contribution >= 0.6 is 12.2 Å². The monoisotopic (exact) mass is 331 g/mol. The molecule has 1 fully saturated rings. The van der Waals surface area contributed by atoms with E-state index in [0.29, 0.717) is 5.58 Å². The van der Waals surface area contributed by atoms with Crippen molar-refractivity contribution in [2.45, 2.75) is 13.8 Å². The Labute approximate surface area is 140 Å². The van der Waals surface area contributed by atoms with Crippen molar-refractivity contribution in [1.29, 1.82) is 0 Å². The summed E-state index contributed by atoms with van der Waals surface area (Å²) < 4.78 is 5.28. The Balaban J connectivity index is 1.74. The molecule has 1 N–H and O–H groups in total. The van der Waals surface area contributed by atoms with Gasteiger partial charge >= 0.3 is 5.63 Å². The summed E-state index contributed by atoms with van der Waals surface area (Å²) >= 11 is 5.51. The molecule has 1 aromatic carbocycles. The van der Waals surface area contributed by atoms with Gasteiger partial charge in [-0.25, -0.2) is 4.79 Å². The van der Waals surface area contributed by atoms with Crippen LogP contribution in [0.15, 0.2) is 33.5 Å². The summed E-state index contributed by atoms with van der Waals surface area (Å²) in [6.45, 7) is 9.09. The molecular weight excluding hydrogens is 310 g/mol. The molecule has 0 saturated carbocycles. The Morgan fingerprint density at radius 2 is 2.00 bits per heavy atom. The van der Waals surface area contributed by atoms with Gasteiger partial charge in [0, 0.05) is 49.4 Å². The molecule has 0 bridgehead atoms. The molecule has 5 nitrogen and oxygen atoms in total. The largest absolute Gasteiger partial charge is 0.423 e. The van der Waals surface area contributed by atoms with Crippen molar-refractivity contribution in [3.05, 3.63) is 40.2 Å². The second-order valence-electron chi connectivity index (χ2n) is 5.81. The van der Waals surface area contributed by atoms with Crippen LogP contribution < -0.4 is 10.9 Å². The van der Waals surface area contributed by atoms with Crippen LogP contribution in [-0.2, 0) is 0 Å². The van der Waals surface area contributed by atoms with Gasteiger partial charge in [-0.15, -0.1) is 0 Å². The number of likely N-dealkylation sites (N-methyl/N-ethyl adjacent to an activating group) is 1. The van der Waals surface area contributed by atoms with E-state index in [0.717, 1.165) is 54.5 Å². The fourth-order valence-corrected chi connectivity index (χ4v) is 3.17. The van der Waals surface area contributed by atoms with E-state index >= 15 is 0 Å². The third-order valence-corrected chi connectivity index (χ3v) is 4.67. The van der Waals surface area contributed by atoms with Gasteiger partial charge in [-0.3, -0.25) is 0 Å². The average Bonchev–Trinajstić information content (AvgIpc) is 2.54. The molecule has 1 aliphatic heterocycles. The van der Waals surface area contributed by atoms with E-state index in [4.69, 9.17) is 16.6 Å². The zero-order valence-electron chi connectivity index (χ0n) is 13.5. The van der Waals surface area contributed by atoms with Gasteiger partial charge in [-0.1, -0.05) is 6.92 Å². The highest BCUT2D eigenvalue weighted by Gasteiger charge is 2.17. The van der Waals surface area contributed by atoms with Crippen LogP contribution in [0.2, 0.25) is 0 Å². The van der Waals surface area contributed by atoms with Gasteiger partial charge in [0.1, 0.15) is 5.58 Å². The third kappa shape index (κ3) is 3.54. The maximum atomic E-state index is 11.5. The molecule has 0 atom stereocenters. The van der Waals surface area contributed by atoms with E-state index in [1.54, 1.807) is 0 Å². The average molecular weight is 331 g/mol. The molecule has 122 valence electrons. The van der Waals surface area contributed by atoms with Crippen molar-refractivity contribution in [2.24, 2.45) is 0 Å². The molecule has 2 heterocycles. The van der Waals surface area contributed by atoms with E-state index in [9.17, 15) is 4.79 Å². The molecule has 0 aliphatic carbocycles. The number of aryl methyl sites for hydroxylation is 1. The quantitative estimate of drug-likeness (QED) is 0.674. The summed E-state index contributed by atoms with van der Waals surface area (Å²) in [4.78, 5) is 16.1. The van der Waals surface area contributed by atoms with Crippen LogP contribution in [0.3, 0.4) is 0 Å². The summed E-state index contributed by atoms with van der Waals surface area (Å²) in [6, 6.07) is 7.25. The first-order valence-electron chi connectivity index (χ1n) is 7.89. The third-order valence-electron chi connectivity index (χ3n) is 4.31. The van der Waals surface area contributed by atoms with E-state index in [-0.39, 0.29) is 5.63 Å². The lowest BCUT2D eigenvalue weighted by atomic mass is 10.1. The van der Waals surface area contributed by atoms with Gasteiger partial charge < -0.3 is 19.5 Å². The predicted octanol–water partition coefficient (Wildman–Crippen LogP) is 2.44. The summed E-state index contributed by atoms with van der Waals surface area (Å²) in [7, 11) is 0. The van der Waals surface area contributed by atoms with Crippen LogP contribution in [0.25, 0.3) is 11.0 Å². The minimum atomic E-state index is -0.328. The molecule has 1 saturated heterocycles. The highest BCUT2D eigenvalue weighted by Crippen LogP contribution is 2.21. The number of rotatable bonds is 2. The van der Waals surface area contributed by atoms with Crippen LogP contribution in [0, 0.1) is 6.92 Å². The van der Waals surface area contributed by atoms with Gasteiger partial charge in [0.05, 0.1) is 0 Å². The first-order valence-corrected chi connectivity index (χ1v) is 8.30. The lowest BCUT2D eigenvalue weighted by Crippen LogP contribution is -2.49. The highest BCUT2D eigenvalue weighted by atomic mass is 32.1. The second kappa shape index (κ2) is 6.68. The standard InChI is InChI=1S/C17H21N3O2S/c1-3-19-6-8-20(9-7-19)17(23)18-13-4-5-14-12(2)10-16(21)22-15(14)11-13/h4-5,10-11H,3,6-9H2,1-2H3,(H,18,23). The summed E-state index contributed by atoms with van der Waals surface area (Å²) in [6.07, 6.45) is 0. The van der Waals surface area contributed by atoms with E-state index in [2.05, 4.69) is 22.0 Å². The molecule has 3 rings (SSSR count). The number of benzene rings is 1. The number of piperazine rings is 1. The first-order chi connectivity index (χ1) is 11.1. The van der Waals surface area contributed by atoms with Crippen molar-refractivity contribution in [2.75, 3.05) is 38.0 Å². The maximum absolute atomic E-state index is 11.5. The molecule has 0 amide bonds. The van der Waals surface area contributed by atoms with Gasteiger partial charge in [0.2, 0.25) is 0 Å². The Kier molecular flexibility index (Phi) is 4.63. The first kappa shape index (κ1) is 16.0. The summed E-state index contributed by atoms with van der Waals surface area (Å²) in [5.41, 5.74) is 2.01. The number of nitrogens with one attached hydrogen (secondary N) is 1. The van der Waals surface area contributed by atoms with Crippen LogP contribution in [0.5, 0.6) is 0 Å². The zero-order chi connectivity index (χ0) is 16.4. The highest BCUT2D eigenvalue weighted by molar-refractivity contribution is 7.80. The Morgan fingerprint density at radius 1 is 1.26 bits per heavy atom. The summed E-state index contributed by atoms with van der Waals surface area (Å²) in [5, 5.41) is 4.91. The smallest absolute Gasteiger partial charge is 0.336 e. The minimum Gasteiger partial charge on any atom is -0.423 e. The molecule has 23 heavy (non-hydrogen) atoms. The lowest BCUT2D eigenvalue weighted by Gasteiger charge is -2.35. The van der Waals surface area contributed by atoms with Crippen molar-refractivity contribution in [3.63, 3.8) is 0 Å². The van der Waals surface area contributed by atoms with E-state index < -0.39 is 0 Å². The molecule has 1 aliphatic rings. The van der Waals surface area contributed by atoms with Gasteiger partial charge in [0.15, 0.2) is 5.11 Å². The number of nitrogens with zero attached hydrogens (tertiary/aromatic N) is 2. The number of hydrogen-bond acceptors (Lipinski definition) is 4. The Bertz CT molecular complexity index is 779. The molecule has 6 heteroatoms. The Morgan fingerprint density at radius 3 is 2.70 bits per heavy atom. The Hall–Kier alpha value is -1.92. The molecule has 0 radical (unpaired) electrons. The fraction of sp³-hybridized carbons (Fsp3) is 0.412. The predicted molar refractivity (Wildman–Crippen MR) is 97.1 cm³/mol. The van der Waals surface area contributed by atoms with E-state index in [1.165, 1.54) is 6.07 Å². The minimum absolute atomic E-state index is 0.328. The van der Waals surface area contributed by atoms with Crippen LogP contribution in [-0.4, -0.2) is 47.6 Å². The van der Waals surface area contributed by atoms with E-state index in [1.807, 2.05) is 25.1 Å². The molecular formula is C17H21N3O2S. The number of hydrogen-bond donors (Lipinski definition) is 1. The second-order valence-corrected chi connectivity index (χ2v) is 6.20. The van der Waals surface area contributed by atoms with Crippen LogP contribution in [0.1, 0.15) is 12.5 Å². The normalized spacial score (nSPS) is 15.8.